The molecule has 1 aliphatic carbocycles. The molecule has 10 heteroatoms. The number of ketones is 1. The number of aryl methyl sites for hydroxylation is 1. The van der Waals surface area contributed by atoms with Crippen LogP contribution in [0.4, 0.5) is 4.39 Å². The quantitative estimate of drug-likeness (QED) is 0.363. The molecule has 1 saturated heterocycles. The van der Waals surface area contributed by atoms with Gasteiger partial charge in [0.1, 0.15) is 11.5 Å². The molecule has 6 rings (SSSR count). The van der Waals surface area contributed by atoms with Gasteiger partial charge in [-0.25, -0.2) is 22.5 Å². The number of sulfonamides is 1. The number of nitrogens with zero attached hydrogens (tertiary/aromatic N) is 5. The minimum atomic E-state index is -3.94. The highest BCUT2D eigenvalue weighted by Crippen LogP contribution is 2.47. The molecule has 1 fully saturated rings. The number of hydrogen-bond donors (Lipinski definition) is 0. The molecule has 38 heavy (non-hydrogen) atoms. The Labute approximate surface area is 219 Å². The lowest BCUT2D eigenvalue weighted by Gasteiger charge is -2.44. The molecule has 0 radical (unpaired) electrons. The maximum atomic E-state index is 14.1. The van der Waals surface area contributed by atoms with Gasteiger partial charge in [0.2, 0.25) is 0 Å². The van der Waals surface area contributed by atoms with Gasteiger partial charge >= 0.3 is 0 Å². The van der Waals surface area contributed by atoms with Crippen LogP contribution in [0.15, 0.2) is 83.7 Å². The van der Waals surface area contributed by atoms with Gasteiger partial charge in [0.25, 0.3) is 10.0 Å². The minimum Gasteiger partial charge on any atom is -0.291 e. The number of halogens is 1. The normalized spacial score (nSPS) is 19.4. The van der Waals surface area contributed by atoms with E-state index in [4.69, 9.17) is 0 Å². The molecule has 1 atom stereocenters. The van der Waals surface area contributed by atoms with Crippen LogP contribution in [0.5, 0.6) is 0 Å². The van der Waals surface area contributed by atoms with Crippen molar-refractivity contribution in [2.24, 2.45) is 5.41 Å². The van der Waals surface area contributed by atoms with Gasteiger partial charge in [0.05, 0.1) is 23.0 Å². The summed E-state index contributed by atoms with van der Waals surface area (Å²) in [7, 11) is -3.94. The summed E-state index contributed by atoms with van der Waals surface area (Å²) in [6, 6.07) is 16.0. The van der Waals surface area contributed by atoms with Gasteiger partial charge in [0.15, 0.2) is 10.8 Å². The molecule has 3 aromatic heterocycles. The second-order valence-electron chi connectivity index (χ2n) is 9.62. The number of piperidine rings is 1. The van der Waals surface area contributed by atoms with Crippen molar-refractivity contribution in [2.75, 3.05) is 13.1 Å². The van der Waals surface area contributed by atoms with Gasteiger partial charge in [-0.15, -0.1) is 0 Å². The van der Waals surface area contributed by atoms with E-state index in [1.807, 2.05) is 6.08 Å². The summed E-state index contributed by atoms with van der Waals surface area (Å²) < 4.78 is 43.9. The van der Waals surface area contributed by atoms with Gasteiger partial charge in [-0.3, -0.25) is 9.78 Å². The third kappa shape index (κ3) is 3.97. The summed E-state index contributed by atoms with van der Waals surface area (Å²) >= 11 is 0. The van der Waals surface area contributed by atoms with Crippen molar-refractivity contribution < 1.29 is 17.6 Å². The van der Waals surface area contributed by atoms with E-state index in [-0.39, 0.29) is 41.8 Å². The van der Waals surface area contributed by atoms with E-state index in [0.29, 0.717) is 17.8 Å². The van der Waals surface area contributed by atoms with E-state index in [9.17, 15) is 17.6 Å². The molecule has 0 N–H and O–H groups in total. The monoisotopic (exact) mass is 529 g/mol. The number of carbonyl (C=O) groups excluding carboxylic acids is 1. The maximum absolute atomic E-state index is 14.1. The number of fused-ring (bicyclic) bond motifs is 2. The number of rotatable bonds is 5. The molecule has 4 aromatic rings. The number of hydrogen-bond acceptors (Lipinski definition) is 6. The van der Waals surface area contributed by atoms with Crippen LogP contribution >= 0.6 is 0 Å². The van der Waals surface area contributed by atoms with Crippen molar-refractivity contribution in [1.29, 1.82) is 0 Å². The average molecular weight is 530 g/mol. The van der Waals surface area contributed by atoms with Crippen LogP contribution in [0.3, 0.4) is 0 Å². The molecule has 0 amide bonds. The summed E-state index contributed by atoms with van der Waals surface area (Å²) in [4.78, 5) is 22.7. The van der Waals surface area contributed by atoms with Gasteiger partial charge in [-0.1, -0.05) is 17.7 Å². The van der Waals surface area contributed by atoms with Crippen molar-refractivity contribution in [2.45, 2.75) is 24.8 Å². The Morgan fingerprint density at radius 1 is 1.05 bits per heavy atom. The summed E-state index contributed by atoms with van der Waals surface area (Å²) in [6.45, 7) is 1.91. The predicted octanol–water partition coefficient (Wildman–Crippen LogP) is 4.01. The van der Waals surface area contributed by atoms with E-state index in [1.54, 1.807) is 66.5 Å². The van der Waals surface area contributed by atoms with E-state index in [1.165, 1.54) is 22.5 Å². The molecule has 0 saturated carbocycles. The van der Waals surface area contributed by atoms with Crippen LogP contribution in [-0.2, 0) is 16.4 Å². The number of aromatic nitrogens is 4. The molecule has 2 aliphatic rings. The fourth-order valence-corrected chi connectivity index (χ4v) is 6.84. The Bertz CT molecular complexity index is 1680. The Hall–Kier alpha value is -4.02. The SMILES string of the molecule is Cc1cccc(S(=O)(=O)N2CCC3=Cc4c(cnn4-c4ccc(F)cc4)C[C@]3(C(=O)c3ccccn3)C2)n1. The van der Waals surface area contributed by atoms with Crippen molar-refractivity contribution in [3.8, 4) is 5.69 Å². The zero-order valence-electron chi connectivity index (χ0n) is 20.6. The van der Waals surface area contributed by atoms with Gasteiger partial charge < -0.3 is 0 Å². The molecule has 0 spiro atoms. The van der Waals surface area contributed by atoms with Crippen molar-refractivity contribution in [1.82, 2.24) is 24.1 Å². The standard InChI is InChI=1S/C28H24FN5O3S/c1-19-5-4-7-26(32-19)38(36,37)33-14-12-21-15-25-20(17-31-34(25)23-10-8-22(29)9-11-23)16-28(21,18-33)27(35)24-6-2-3-13-30-24/h2-11,13,15,17H,12,14,16,18H2,1H3/t28-/m0/s1. The Balaban J connectivity index is 1.45. The largest absolute Gasteiger partial charge is 0.291 e. The first-order chi connectivity index (χ1) is 18.3. The first-order valence-electron chi connectivity index (χ1n) is 12.2. The zero-order valence-corrected chi connectivity index (χ0v) is 21.4. The van der Waals surface area contributed by atoms with Crippen LogP contribution < -0.4 is 0 Å². The maximum Gasteiger partial charge on any atom is 0.260 e. The molecule has 0 unspecified atom stereocenters. The number of pyridine rings is 2. The fraction of sp³-hybridized carbons (Fsp3) is 0.214. The first-order valence-corrected chi connectivity index (χ1v) is 13.7. The lowest BCUT2D eigenvalue weighted by molar-refractivity contribution is 0.0770. The van der Waals surface area contributed by atoms with Crippen molar-refractivity contribution in [3.63, 3.8) is 0 Å². The second-order valence-corrected chi connectivity index (χ2v) is 11.5. The molecule has 0 bridgehead atoms. The predicted molar refractivity (Wildman–Crippen MR) is 139 cm³/mol. The van der Waals surface area contributed by atoms with Crippen molar-refractivity contribution >= 4 is 21.9 Å². The smallest absolute Gasteiger partial charge is 0.260 e. The zero-order chi connectivity index (χ0) is 26.5. The molecular formula is C28H24FN5O3S. The van der Waals surface area contributed by atoms with E-state index < -0.39 is 15.4 Å². The van der Waals surface area contributed by atoms with Gasteiger partial charge in [-0.05, 0) is 79.9 Å². The second kappa shape index (κ2) is 9.07. The fourth-order valence-electron chi connectivity index (χ4n) is 5.35. The third-order valence-electron chi connectivity index (χ3n) is 7.25. The third-order valence-corrected chi connectivity index (χ3v) is 9.00. The molecule has 8 nitrogen and oxygen atoms in total. The van der Waals surface area contributed by atoms with E-state index in [0.717, 1.165) is 16.8 Å². The van der Waals surface area contributed by atoms with Gasteiger partial charge in [0, 0.05) is 25.0 Å². The van der Waals surface area contributed by atoms with Crippen LogP contribution in [0.1, 0.15) is 33.9 Å². The summed E-state index contributed by atoms with van der Waals surface area (Å²) in [5, 5.41) is 4.49. The topological polar surface area (TPSA) is 98.1 Å². The highest BCUT2D eigenvalue weighted by Gasteiger charge is 2.51. The summed E-state index contributed by atoms with van der Waals surface area (Å²) in [5.41, 5.74) is 2.85. The number of carbonyl (C=O) groups is 1. The number of benzene rings is 1. The first kappa shape index (κ1) is 24.3. The Morgan fingerprint density at radius 3 is 2.61 bits per heavy atom. The van der Waals surface area contributed by atoms with E-state index in [2.05, 4.69) is 15.1 Å². The van der Waals surface area contributed by atoms with Crippen LogP contribution in [0.2, 0.25) is 0 Å². The molecule has 192 valence electrons. The van der Waals surface area contributed by atoms with E-state index >= 15 is 0 Å². The van der Waals surface area contributed by atoms with Gasteiger partial charge in [-0.2, -0.15) is 9.40 Å². The highest BCUT2D eigenvalue weighted by atomic mass is 32.2. The molecule has 1 aromatic carbocycles. The minimum absolute atomic E-state index is 0.0344. The lowest BCUT2D eigenvalue weighted by atomic mass is 9.65. The Kier molecular flexibility index (Phi) is 5.81. The number of Topliss-reactive ketones (excluding diaryl/α,β-unsaturated/α-hetero) is 1. The van der Waals surface area contributed by atoms with Crippen LogP contribution in [0, 0.1) is 18.2 Å². The molecule has 4 heterocycles. The molecule has 1 aliphatic heterocycles. The van der Waals surface area contributed by atoms with Crippen LogP contribution in [0.25, 0.3) is 11.8 Å². The summed E-state index contributed by atoms with van der Waals surface area (Å²) in [5.74, 6) is -0.577. The summed E-state index contributed by atoms with van der Waals surface area (Å²) in [6.07, 6.45) is 5.80. The molecular weight excluding hydrogens is 505 g/mol. The lowest BCUT2D eigenvalue weighted by Crippen LogP contribution is -2.53. The van der Waals surface area contributed by atoms with Crippen LogP contribution in [-0.4, -0.2) is 51.3 Å². The Morgan fingerprint density at radius 2 is 1.87 bits per heavy atom. The van der Waals surface area contributed by atoms with Crippen molar-refractivity contribution in [3.05, 3.63) is 107 Å². The average Bonchev–Trinajstić information content (AvgIpc) is 3.34. The highest BCUT2D eigenvalue weighted by molar-refractivity contribution is 7.89.